The molecule has 4 aliphatic heterocycles. The summed E-state index contributed by atoms with van der Waals surface area (Å²) in [7, 11) is 0. The number of aromatic carboxylic acids is 1. The Morgan fingerprint density at radius 3 is 1.13 bits per heavy atom. The van der Waals surface area contributed by atoms with Gasteiger partial charge in [-0.05, 0) is 145 Å². The van der Waals surface area contributed by atoms with E-state index in [1.807, 2.05) is 153 Å². The second kappa shape index (κ2) is 54.8. The number of nitrogens with two attached hydrogens (primary N) is 1. The van der Waals surface area contributed by atoms with E-state index in [-0.39, 0.29) is 74.7 Å². The number of phenols is 1. The van der Waals surface area contributed by atoms with Crippen LogP contribution in [-0.4, -0.2) is 221 Å². The van der Waals surface area contributed by atoms with Crippen molar-refractivity contribution in [2.24, 2.45) is 0 Å². The minimum absolute atomic E-state index is 0. The van der Waals surface area contributed by atoms with E-state index in [1.165, 1.54) is 49.5 Å². The number of nitro benzene ring substituents is 2. The Morgan fingerprint density at radius 2 is 0.741 bits per heavy atom. The first kappa shape index (κ1) is 105. The molecule has 702 valence electrons. The molecule has 28 nitrogen and oxygen atoms in total. The maximum atomic E-state index is 13.5. The van der Waals surface area contributed by atoms with Crippen molar-refractivity contribution in [1.29, 1.82) is 0 Å². The number of non-ortho nitro benzene ring substituents is 2. The SMILES string of the molecule is Cc1cc(F)ccc1-c1cccc(C(=O)Nc2ccc(OCCN3CCOCC3)c3ccccc23)c1.Nc1ccc(OCCN2CCOCC2)c2ccccc12.O=C(Nc1ccc(OCCN2CCOCC2)c2ccccc12)c1cccc(Br)c1.O=C(O)c1cccc(Br)c1.O=[N+]([O-])c1ccc(O)c2ccccc12.O=[N+]([O-])c1ccc(OCCN2CCOCC2)c2ccccc12.[Na+].[OH-].[O]=[Pd]. The van der Waals surface area contributed by atoms with Crippen molar-refractivity contribution < 1.29 is 134 Å². The second-order valence-corrected chi connectivity index (χ2v) is 32.6. The number of rotatable bonds is 24. The van der Waals surface area contributed by atoms with Gasteiger partial charge in [-0.25, -0.2) is 9.18 Å². The van der Waals surface area contributed by atoms with Crippen LogP contribution in [0.5, 0.6) is 28.7 Å². The number of aromatic hydroxyl groups is 1. The van der Waals surface area contributed by atoms with Crippen molar-refractivity contribution in [2.45, 2.75) is 6.92 Å². The molecule has 0 unspecified atom stereocenters. The first-order valence-corrected chi connectivity index (χ1v) is 45.4. The number of phenolic OH excluding ortho intramolecular Hbond substituents is 1. The molecule has 0 radical (unpaired) electrons. The molecule has 0 aromatic heterocycles. The van der Waals surface area contributed by atoms with Gasteiger partial charge in [0.05, 0.1) is 79.0 Å². The Morgan fingerprint density at radius 1 is 0.415 bits per heavy atom. The van der Waals surface area contributed by atoms with Crippen LogP contribution in [0.2, 0.25) is 0 Å². The molecule has 4 fully saturated rings. The van der Waals surface area contributed by atoms with Gasteiger partial charge in [-0.2, -0.15) is 0 Å². The van der Waals surface area contributed by atoms with Crippen LogP contribution in [0, 0.1) is 33.0 Å². The zero-order chi connectivity index (χ0) is 93.8. The monoisotopic (exact) mass is 2060 g/mol. The number of nitrogens with zero attached hydrogens (tertiary/aromatic N) is 6. The van der Waals surface area contributed by atoms with Gasteiger partial charge in [-0.15, -0.1) is 0 Å². The van der Waals surface area contributed by atoms with E-state index in [4.69, 9.17) is 52.2 Å². The summed E-state index contributed by atoms with van der Waals surface area (Å²) >= 11 is 8.08. The van der Waals surface area contributed by atoms with Crippen molar-refractivity contribution in [2.75, 3.05) is 174 Å². The normalized spacial score (nSPS) is 13.7. The summed E-state index contributed by atoms with van der Waals surface area (Å²) < 4.78 is 68.7. The Hall–Kier alpha value is -11.6. The van der Waals surface area contributed by atoms with Crippen LogP contribution in [0.25, 0.3) is 65.0 Å². The molecular formula is C102H103Br2FN9NaO19Pd. The van der Waals surface area contributed by atoms with E-state index < -0.39 is 10.9 Å². The molecule has 2 amide bonds. The predicted molar refractivity (Wildman–Crippen MR) is 520 cm³/mol. The molecular weight excluding hydrogens is 1960 g/mol. The third kappa shape index (κ3) is 30.9. The fraction of sp³-hybridized carbons (Fsp3) is 0.245. The number of carboxylic acids is 1. The number of morpholine rings is 4. The van der Waals surface area contributed by atoms with Crippen LogP contribution in [0.4, 0.5) is 32.8 Å². The van der Waals surface area contributed by atoms with Crippen molar-refractivity contribution in [3.8, 4) is 39.9 Å². The zero-order valence-electron chi connectivity index (χ0n) is 74.5. The number of nitrogen functional groups attached to an aromatic ring is 1. The molecule has 14 aromatic carbocycles. The number of benzene rings is 14. The summed E-state index contributed by atoms with van der Waals surface area (Å²) in [5.41, 5.74) is 12.4. The predicted octanol–water partition coefficient (Wildman–Crippen LogP) is 16.4. The van der Waals surface area contributed by atoms with E-state index in [0.29, 0.717) is 65.0 Å². The van der Waals surface area contributed by atoms with E-state index >= 15 is 0 Å². The molecule has 14 aromatic rings. The topological polar surface area (TPSA) is 362 Å². The average molecular weight is 2070 g/mol. The number of hydrogen-bond acceptors (Lipinski definition) is 23. The van der Waals surface area contributed by atoms with Gasteiger partial charge in [0.15, 0.2) is 0 Å². The van der Waals surface area contributed by atoms with Crippen molar-refractivity contribution in [3.05, 3.63) is 330 Å². The number of anilines is 3. The van der Waals surface area contributed by atoms with E-state index in [9.17, 15) is 44.1 Å². The van der Waals surface area contributed by atoms with Crippen LogP contribution < -0.4 is 64.9 Å². The van der Waals surface area contributed by atoms with Crippen LogP contribution in [0.1, 0.15) is 36.6 Å². The number of ether oxygens (including phenoxy) is 8. The summed E-state index contributed by atoms with van der Waals surface area (Å²) in [5.74, 6) is 1.76. The minimum atomic E-state index is -0.902. The summed E-state index contributed by atoms with van der Waals surface area (Å²) in [6, 6.07) is 81.3. The summed E-state index contributed by atoms with van der Waals surface area (Å²) in [5, 5.41) is 54.1. The quantitative estimate of drug-likeness (QED) is 0.0162. The zero-order valence-corrected chi connectivity index (χ0v) is 81.3. The Labute approximate surface area is 830 Å². The standard InChI is InChI=1S/C30H29FN2O3.C23H23BrN2O3.C16H18N2O4.C16H20N2O2.C10H7NO3.C7H5BrO2.Na.H2O.O.Pd/c1-21-19-24(31)9-10-25(21)22-5-4-6-23(20-22)30(34)32-28-11-12-29(27-8-3-2-7-26(27)28)36-18-15-33-13-16-35-17-14-33;24-18-5-3-4-17(16-18)23(27)25-21-8-9-22(20-7-2-1-6-19(20)21)29-15-12-26-10-13-28-14-11-26;19-18(20)15-5-6-16(14-4-2-1-3-13(14)15)22-12-9-17-7-10-21-11-8-17;17-15-5-6-16(14-4-2-1-3-13(14)15)20-12-9-18-7-10-19-11-8-18;12-10-6-5-9(11(13)14)7-3-1-2-4-8(7)10;8-6-3-1-2-5(4-6)7(9)10;;;;/h2-12,19-20H,13-18H2,1H3,(H,32,34);1-9,16H,10-15H2,(H,25,27);1-6H,7-12H2;1-6H,7-12,17H2;1-6,12H;1-4H,(H,9,10);;1H2;;/q;;;;;;+1;;;/p-1. The van der Waals surface area contributed by atoms with E-state index in [1.54, 1.807) is 91.0 Å². The van der Waals surface area contributed by atoms with Crippen molar-refractivity contribution >= 4 is 132 Å². The molecule has 135 heavy (non-hydrogen) atoms. The molecule has 4 aliphatic rings. The van der Waals surface area contributed by atoms with Gasteiger partial charge in [0.1, 0.15) is 61.0 Å². The Bertz CT molecular complexity index is 6300. The van der Waals surface area contributed by atoms with Gasteiger partial charge >= 0.3 is 58.2 Å². The van der Waals surface area contributed by atoms with Crippen molar-refractivity contribution in [3.63, 3.8) is 0 Å². The van der Waals surface area contributed by atoms with Gasteiger partial charge in [0, 0.05) is 171 Å². The third-order valence-corrected chi connectivity index (χ3v) is 23.2. The van der Waals surface area contributed by atoms with E-state index in [2.05, 4.69) is 68.2 Å². The molecule has 4 saturated heterocycles. The number of aryl methyl sites for hydroxylation is 1. The fourth-order valence-electron chi connectivity index (χ4n) is 15.3. The number of amides is 2. The first-order chi connectivity index (χ1) is 64.8. The van der Waals surface area contributed by atoms with E-state index in [0.717, 1.165) is 229 Å². The molecule has 0 bridgehead atoms. The summed E-state index contributed by atoms with van der Waals surface area (Å²) in [6.07, 6.45) is 0. The third-order valence-electron chi connectivity index (χ3n) is 22.2. The number of carboxylic acid groups (broad SMARTS) is 1. The summed E-state index contributed by atoms with van der Waals surface area (Å²) in [6.45, 7) is 21.7. The van der Waals surface area contributed by atoms with Crippen molar-refractivity contribution in [1.82, 2.24) is 19.6 Å². The summed E-state index contributed by atoms with van der Waals surface area (Å²) in [4.78, 5) is 66.4. The average Bonchev–Trinajstić information content (AvgIpc) is 0.856. The number of nitro groups is 2. The van der Waals surface area contributed by atoms with Crippen LogP contribution in [-0.2, 0) is 41.6 Å². The number of hydrogen-bond donors (Lipinski definition) is 5. The van der Waals surface area contributed by atoms with Crippen LogP contribution >= 0.6 is 31.9 Å². The molecule has 0 saturated carbocycles. The molecule has 7 N–H and O–H groups in total. The Kier molecular flexibility index (Phi) is 42.8. The van der Waals surface area contributed by atoms with Gasteiger partial charge < -0.3 is 70.0 Å². The van der Waals surface area contributed by atoms with Crippen LogP contribution in [0.3, 0.4) is 0 Å². The molecule has 0 aliphatic carbocycles. The maximum absolute atomic E-state index is 13.5. The number of nitrogens with one attached hydrogen (secondary N) is 2. The number of halogens is 3. The Balaban J connectivity index is 0.000000173. The number of carbonyl (C=O) groups excluding carboxylic acids is 2. The molecule has 0 spiro atoms. The molecule has 4 heterocycles. The first-order valence-electron chi connectivity index (χ1n) is 43.2. The van der Waals surface area contributed by atoms with Gasteiger partial charge in [0.25, 0.3) is 23.2 Å². The van der Waals surface area contributed by atoms with Gasteiger partial charge in [-0.1, -0.05) is 171 Å². The van der Waals surface area contributed by atoms with Crippen LogP contribution in [0.15, 0.2) is 282 Å². The molecule has 33 heteroatoms. The number of carbonyl (C=O) groups is 3. The van der Waals surface area contributed by atoms with Gasteiger partial charge in [-0.3, -0.25) is 49.4 Å². The fourth-order valence-corrected chi connectivity index (χ4v) is 16.1. The number of fused-ring (bicyclic) bond motifs is 5. The second-order valence-electron chi connectivity index (χ2n) is 30.8. The molecule has 18 rings (SSSR count). The van der Waals surface area contributed by atoms with Gasteiger partial charge in [0.2, 0.25) is 0 Å². The molecule has 0 atom stereocenters.